The van der Waals surface area contributed by atoms with E-state index in [1.54, 1.807) is 5.57 Å². The fraction of sp³-hybridized carbons (Fsp3) is 0.935. The fourth-order valence-electron chi connectivity index (χ4n) is 9.64. The van der Waals surface area contributed by atoms with Crippen LogP contribution in [-0.4, -0.2) is 32.5 Å². The molecule has 1 N–H and O–H groups in total. The summed E-state index contributed by atoms with van der Waals surface area (Å²) in [6, 6.07) is 0. The summed E-state index contributed by atoms with van der Waals surface area (Å²) in [5.74, 6) is 5.28. The van der Waals surface area contributed by atoms with Crippen LogP contribution in [0.5, 0.6) is 0 Å². The molecule has 0 aromatic heterocycles. The molecule has 0 amide bonds. The Morgan fingerprint density at radius 1 is 1.08 bits per heavy atom. The molecule has 5 aliphatic rings. The van der Waals surface area contributed by atoms with Crippen molar-refractivity contribution in [2.24, 2.45) is 46.3 Å². The van der Waals surface area contributed by atoms with Crippen molar-refractivity contribution < 1.29 is 18.3 Å². The largest absolute Gasteiger partial charge is 0.405 e. The Hall–Kier alpha value is -0.190. The summed E-state index contributed by atoms with van der Waals surface area (Å²) in [7, 11) is -3.07. The first-order chi connectivity index (χ1) is 17.6. The van der Waals surface area contributed by atoms with E-state index in [9.17, 15) is 4.57 Å². The van der Waals surface area contributed by atoms with Crippen molar-refractivity contribution in [1.29, 1.82) is 0 Å². The molecule has 1 saturated heterocycles. The van der Waals surface area contributed by atoms with Gasteiger partial charge in [-0.1, -0.05) is 65.5 Å². The molecule has 4 fully saturated rings. The lowest BCUT2D eigenvalue weighted by Crippen LogP contribution is -2.51. The molecule has 37 heavy (non-hydrogen) atoms. The van der Waals surface area contributed by atoms with Gasteiger partial charge in [-0.2, -0.15) is 0 Å². The van der Waals surface area contributed by atoms with Crippen molar-refractivity contribution in [2.75, 3.05) is 26.4 Å². The lowest BCUT2D eigenvalue weighted by Gasteiger charge is -2.58. The highest BCUT2D eigenvalue weighted by atomic mass is 31.2. The van der Waals surface area contributed by atoms with Crippen LogP contribution in [0.4, 0.5) is 0 Å². The second-order valence-electron chi connectivity index (χ2n) is 14.1. The zero-order valence-corrected chi connectivity index (χ0v) is 25.2. The lowest BCUT2D eigenvalue weighted by molar-refractivity contribution is -0.0654. The number of nitrogens with one attached hydrogen (secondary N) is 1. The highest BCUT2D eigenvalue weighted by molar-refractivity contribution is 7.51. The van der Waals surface area contributed by atoms with Gasteiger partial charge in [0.25, 0.3) is 0 Å². The minimum absolute atomic E-state index is 0.259. The van der Waals surface area contributed by atoms with Gasteiger partial charge >= 0.3 is 7.75 Å². The third kappa shape index (κ3) is 5.69. The SMILES string of the molecule is CC(C)CCCC(C)C1CCC2C3CC=C4C[C@@H](OCCOP5(=O)NCCO5)CC[C@]4(C)C3CC[C@]12C. The van der Waals surface area contributed by atoms with E-state index in [2.05, 4.69) is 45.8 Å². The van der Waals surface area contributed by atoms with Crippen LogP contribution in [0.1, 0.15) is 105 Å². The molecule has 212 valence electrons. The molecule has 0 bridgehead atoms. The molecule has 9 atom stereocenters. The van der Waals surface area contributed by atoms with Gasteiger partial charge in [-0.05, 0) is 97.7 Å². The van der Waals surface area contributed by atoms with Crippen molar-refractivity contribution >= 4 is 7.75 Å². The molecule has 5 nitrogen and oxygen atoms in total. The summed E-state index contributed by atoms with van der Waals surface area (Å²) in [5.41, 5.74) is 2.58. The molecule has 6 unspecified atom stereocenters. The van der Waals surface area contributed by atoms with Crippen LogP contribution >= 0.6 is 7.75 Å². The van der Waals surface area contributed by atoms with E-state index in [0.29, 0.717) is 37.2 Å². The van der Waals surface area contributed by atoms with Gasteiger partial charge < -0.3 is 4.74 Å². The van der Waals surface area contributed by atoms with Crippen LogP contribution in [0.3, 0.4) is 0 Å². The molecule has 0 aromatic rings. The first-order valence-electron chi connectivity index (χ1n) is 15.6. The maximum absolute atomic E-state index is 12.2. The zero-order chi connectivity index (χ0) is 26.3. The van der Waals surface area contributed by atoms with Gasteiger partial charge in [-0.25, -0.2) is 9.65 Å². The van der Waals surface area contributed by atoms with Gasteiger partial charge in [0.2, 0.25) is 0 Å². The van der Waals surface area contributed by atoms with Crippen molar-refractivity contribution in [3.05, 3.63) is 11.6 Å². The summed E-state index contributed by atoms with van der Waals surface area (Å²) in [6.07, 6.45) is 17.6. The van der Waals surface area contributed by atoms with Crippen LogP contribution in [0, 0.1) is 46.3 Å². The average molecular weight is 536 g/mol. The molecule has 3 saturated carbocycles. The van der Waals surface area contributed by atoms with E-state index in [-0.39, 0.29) is 6.10 Å². The Bertz CT molecular complexity index is 865. The van der Waals surface area contributed by atoms with Gasteiger partial charge in [0.1, 0.15) is 0 Å². The first kappa shape index (κ1) is 28.3. The quantitative estimate of drug-likeness (QED) is 0.174. The summed E-state index contributed by atoms with van der Waals surface area (Å²) < 4.78 is 29.1. The molecule has 0 aromatic carbocycles. The normalized spacial score (nSPS) is 44.3. The molecule has 0 radical (unpaired) electrons. The molecular formula is C31H54NO4P. The summed E-state index contributed by atoms with van der Waals surface area (Å²) in [6.45, 7) is 14.4. The second kappa shape index (κ2) is 11.4. The van der Waals surface area contributed by atoms with Gasteiger partial charge in [-0.3, -0.25) is 9.05 Å². The molecule has 1 heterocycles. The maximum Gasteiger partial charge on any atom is 0.405 e. The standard InChI is InChI=1S/C31H54NO4P/c1-22(2)7-6-8-23(3)27-11-12-28-26-10-9-24-21-25(34-19-20-36-37(33)32-17-18-35-37)13-15-30(24,4)29(26)14-16-31(27,28)5/h9,22-23,25-29H,6-8,10-21H2,1-5H3,(H,32,33)/t23?,25-,26?,27?,28?,29?,30-,31+,37?/m0/s1. The second-order valence-corrected chi connectivity index (χ2v) is 15.9. The molecule has 6 heteroatoms. The summed E-state index contributed by atoms with van der Waals surface area (Å²) >= 11 is 0. The van der Waals surface area contributed by atoms with Crippen molar-refractivity contribution in [3.8, 4) is 0 Å². The zero-order valence-electron chi connectivity index (χ0n) is 24.3. The van der Waals surface area contributed by atoms with E-state index in [0.717, 1.165) is 48.3 Å². The van der Waals surface area contributed by atoms with Gasteiger partial charge in [0.05, 0.1) is 25.9 Å². The van der Waals surface area contributed by atoms with E-state index in [1.807, 2.05) is 0 Å². The third-order valence-electron chi connectivity index (χ3n) is 11.6. The number of hydrogen-bond donors (Lipinski definition) is 1. The maximum atomic E-state index is 12.2. The third-order valence-corrected chi connectivity index (χ3v) is 13.3. The van der Waals surface area contributed by atoms with Crippen molar-refractivity contribution in [2.45, 2.75) is 111 Å². The summed E-state index contributed by atoms with van der Waals surface area (Å²) in [5, 5.41) is 2.83. The fourth-order valence-corrected chi connectivity index (χ4v) is 10.9. The topological polar surface area (TPSA) is 56.8 Å². The molecular weight excluding hydrogens is 481 g/mol. The monoisotopic (exact) mass is 535 g/mol. The molecule has 4 aliphatic carbocycles. The number of hydrogen-bond acceptors (Lipinski definition) is 4. The van der Waals surface area contributed by atoms with Crippen LogP contribution in [-0.2, 0) is 18.3 Å². The van der Waals surface area contributed by atoms with E-state index in [1.165, 1.54) is 57.8 Å². The Labute approximate surface area is 226 Å². The lowest BCUT2D eigenvalue weighted by atomic mass is 9.47. The Morgan fingerprint density at radius 2 is 1.92 bits per heavy atom. The highest BCUT2D eigenvalue weighted by Crippen LogP contribution is 2.67. The minimum atomic E-state index is -3.07. The summed E-state index contributed by atoms with van der Waals surface area (Å²) in [4.78, 5) is 0. The van der Waals surface area contributed by atoms with Crippen LogP contribution < -0.4 is 5.09 Å². The van der Waals surface area contributed by atoms with Crippen LogP contribution in [0.2, 0.25) is 0 Å². The Balaban J connectivity index is 1.17. The van der Waals surface area contributed by atoms with Gasteiger partial charge in [0, 0.05) is 6.54 Å². The molecule has 1 aliphatic heterocycles. The Kier molecular flexibility index (Phi) is 8.70. The number of allylic oxidation sites excluding steroid dienone is 1. The van der Waals surface area contributed by atoms with Crippen molar-refractivity contribution in [1.82, 2.24) is 5.09 Å². The van der Waals surface area contributed by atoms with Crippen molar-refractivity contribution in [3.63, 3.8) is 0 Å². The van der Waals surface area contributed by atoms with Gasteiger partial charge in [-0.15, -0.1) is 0 Å². The first-order valence-corrected chi connectivity index (χ1v) is 17.1. The number of ether oxygens (including phenoxy) is 1. The number of fused-ring (bicyclic) bond motifs is 5. The average Bonchev–Trinajstić information content (AvgIpc) is 3.44. The van der Waals surface area contributed by atoms with E-state index >= 15 is 0 Å². The van der Waals surface area contributed by atoms with E-state index in [4.69, 9.17) is 13.8 Å². The molecule has 5 rings (SSSR count). The predicted molar refractivity (Wildman–Crippen MR) is 150 cm³/mol. The Morgan fingerprint density at radius 3 is 2.68 bits per heavy atom. The predicted octanol–water partition coefficient (Wildman–Crippen LogP) is 8.16. The molecule has 0 spiro atoms. The smallest absolute Gasteiger partial charge is 0.375 e. The van der Waals surface area contributed by atoms with Crippen LogP contribution in [0.15, 0.2) is 11.6 Å². The van der Waals surface area contributed by atoms with Crippen LogP contribution in [0.25, 0.3) is 0 Å². The number of rotatable bonds is 10. The minimum Gasteiger partial charge on any atom is -0.375 e. The van der Waals surface area contributed by atoms with E-state index < -0.39 is 7.75 Å². The van der Waals surface area contributed by atoms with Gasteiger partial charge in [0.15, 0.2) is 0 Å². The highest BCUT2D eigenvalue weighted by Gasteiger charge is 2.59.